The van der Waals surface area contributed by atoms with Crippen LogP contribution in [0, 0.1) is 5.92 Å². The number of carbonyl (C=O) groups is 2. The normalized spacial score (nSPS) is 12.9. The molecule has 0 aliphatic carbocycles. The number of thiophene rings is 1. The van der Waals surface area contributed by atoms with Crippen LogP contribution in [0.1, 0.15) is 30.2 Å². The lowest BCUT2D eigenvalue weighted by molar-refractivity contribution is -0.123. The Labute approximate surface area is 197 Å². The van der Waals surface area contributed by atoms with Crippen molar-refractivity contribution < 1.29 is 9.59 Å². The SMILES string of the molecule is CC(C)C(NC(=O)Nc1ccccc1)C(=O)NCC(c1cccs1)c1c[nH]c2ccccc12. The van der Waals surface area contributed by atoms with Crippen LogP contribution in [0.25, 0.3) is 10.9 Å². The molecule has 7 heteroatoms. The van der Waals surface area contributed by atoms with Crippen molar-refractivity contribution >= 4 is 39.9 Å². The van der Waals surface area contributed by atoms with Crippen LogP contribution in [0.3, 0.4) is 0 Å². The van der Waals surface area contributed by atoms with Gasteiger partial charge in [-0.1, -0.05) is 56.3 Å². The van der Waals surface area contributed by atoms with Gasteiger partial charge in [0.15, 0.2) is 0 Å². The number of aromatic amines is 1. The van der Waals surface area contributed by atoms with Gasteiger partial charge >= 0.3 is 6.03 Å². The Kier molecular flexibility index (Phi) is 7.10. The molecule has 4 aromatic rings. The quantitative estimate of drug-likeness (QED) is 0.287. The molecule has 33 heavy (non-hydrogen) atoms. The van der Waals surface area contributed by atoms with Gasteiger partial charge in [-0.15, -0.1) is 11.3 Å². The highest BCUT2D eigenvalue weighted by atomic mass is 32.1. The first kappa shape index (κ1) is 22.6. The van der Waals surface area contributed by atoms with Gasteiger partial charge in [0, 0.05) is 40.1 Å². The van der Waals surface area contributed by atoms with Crippen molar-refractivity contribution in [1.29, 1.82) is 0 Å². The van der Waals surface area contributed by atoms with E-state index in [2.05, 4.69) is 33.1 Å². The number of benzene rings is 2. The van der Waals surface area contributed by atoms with E-state index in [0.29, 0.717) is 12.2 Å². The Bertz CT molecular complexity index is 1200. The molecule has 2 aromatic heterocycles. The number of para-hydroxylation sites is 2. The summed E-state index contributed by atoms with van der Waals surface area (Å²) in [5.74, 6) is -0.259. The first-order valence-corrected chi connectivity index (χ1v) is 11.9. The van der Waals surface area contributed by atoms with Crippen molar-refractivity contribution in [3.05, 3.63) is 88.7 Å². The summed E-state index contributed by atoms with van der Waals surface area (Å²) in [6.45, 7) is 4.28. The Morgan fingerprint density at radius 2 is 1.73 bits per heavy atom. The van der Waals surface area contributed by atoms with Crippen molar-refractivity contribution in [1.82, 2.24) is 15.6 Å². The molecule has 0 saturated heterocycles. The van der Waals surface area contributed by atoms with Crippen molar-refractivity contribution in [2.24, 2.45) is 5.92 Å². The van der Waals surface area contributed by atoms with E-state index in [-0.39, 0.29) is 17.7 Å². The van der Waals surface area contributed by atoms with E-state index in [9.17, 15) is 9.59 Å². The number of anilines is 1. The van der Waals surface area contributed by atoms with Crippen LogP contribution in [0.5, 0.6) is 0 Å². The zero-order valence-electron chi connectivity index (χ0n) is 18.7. The van der Waals surface area contributed by atoms with Crippen molar-refractivity contribution in [2.45, 2.75) is 25.8 Å². The first-order chi connectivity index (χ1) is 16.0. The Hall–Kier alpha value is -3.58. The highest BCUT2D eigenvalue weighted by Crippen LogP contribution is 2.32. The van der Waals surface area contributed by atoms with E-state index >= 15 is 0 Å². The number of amides is 3. The number of aromatic nitrogens is 1. The third-order valence-corrected chi connectivity index (χ3v) is 6.62. The molecule has 4 rings (SSSR count). The molecule has 0 aliphatic heterocycles. The minimum atomic E-state index is -0.652. The number of rotatable bonds is 8. The zero-order valence-corrected chi connectivity index (χ0v) is 19.5. The fourth-order valence-corrected chi connectivity index (χ4v) is 4.76. The van der Waals surface area contributed by atoms with E-state index < -0.39 is 12.1 Å². The average molecular weight is 461 g/mol. The van der Waals surface area contributed by atoms with Crippen LogP contribution >= 0.6 is 11.3 Å². The Morgan fingerprint density at radius 1 is 0.970 bits per heavy atom. The standard InChI is InChI=1S/C26H28N4O2S/c1-17(2)24(30-26(32)29-18-9-4-3-5-10-18)25(31)28-16-21(23-13-8-14-33-23)20-15-27-22-12-7-6-11-19(20)22/h3-15,17,21,24,27H,16H2,1-2H3,(H,28,31)(H2,29,30,32). The molecule has 0 saturated carbocycles. The van der Waals surface area contributed by atoms with E-state index in [1.54, 1.807) is 23.5 Å². The van der Waals surface area contributed by atoms with Crippen molar-refractivity contribution in [3.63, 3.8) is 0 Å². The van der Waals surface area contributed by atoms with Crippen LogP contribution in [-0.2, 0) is 4.79 Å². The summed E-state index contributed by atoms with van der Waals surface area (Å²) in [6.07, 6.45) is 2.02. The molecule has 0 bridgehead atoms. The number of hydrogen-bond donors (Lipinski definition) is 4. The second-order valence-electron chi connectivity index (χ2n) is 8.29. The molecule has 0 spiro atoms. The Balaban J connectivity index is 1.47. The predicted octanol–water partition coefficient (Wildman–Crippen LogP) is 5.32. The lowest BCUT2D eigenvalue weighted by Crippen LogP contribution is -2.51. The molecule has 0 aliphatic rings. The maximum Gasteiger partial charge on any atom is 0.319 e. The maximum atomic E-state index is 13.1. The van der Waals surface area contributed by atoms with Gasteiger partial charge in [0.2, 0.25) is 5.91 Å². The van der Waals surface area contributed by atoms with Gasteiger partial charge in [0.25, 0.3) is 0 Å². The minimum Gasteiger partial charge on any atom is -0.361 e. The number of hydrogen-bond acceptors (Lipinski definition) is 3. The van der Waals surface area contributed by atoms with Gasteiger partial charge in [0.05, 0.1) is 0 Å². The third kappa shape index (κ3) is 5.43. The van der Waals surface area contributed by atoms with Crippen LogP contribution in [0.2, 0.25) is 0 Å². The largest absolute Gasteiger partial charge is 0.361 e. The number of urea groups is 1. The fourth-order valence-electron chi connectivity index (χ4n) is 3.91. The summed E-state index contributed by atoms with van der Waals surface area (Å²) in [4.78, 5) is 30.1. The molecule has 0 radical (unpaired) electrons. The van der Waals surface area contributed by atoms with E-state index in [4.69, 9.17) is 0 Å². The smallest absolute Gasteiger partial charge is 0.319 e. The minimum absolute atomic E-state index is 0.0102. The van der Waals surface area contributed by atoms with E-state index in [1.807, 2.05) is 67.9 Å². The van der Waals surface area contributed by atoms with Gasteiger partial charge in [-0.05, 0) is 41.1 Å². The lowest BCUT2D eigenvalue weighted by atomic mass is 9.96. The third-order valence-electron chi connectivity index (χ3n) is 5.63. The Morgan fingerprint density at radius 3 is 2.45 bits per heavy atom. The molecule has 6 nitrogen and oxygen atoms in total. The summed E-state index contributed by atoms with van der Waals surface area (Å²) in [5.41, 5.74) is 2.89. The predicted molar refractivity (Wildman–Crippen MR) is 135 cm³/mol. The van der Waals surface area contributed by atoms with Crippen molar-refractivity contribution in [3.8, 4) is 0 Å². The molecular formula is C26H28N4O2S. The summed E-state index contributed by atoms with van der Waals surface area (Å²) in [6, 6.07) is 20.4. The number of fused-ring (bicyclic) bond motifs is 1. The second kappa shape index (κ2) is 10.4. The van der Waals surface area contributed by atoms with E-state index in [0.717, 1.165) is 16.5 Å². The highest BCUT2D eigenvalue weighted by molar-refractivity contribution is 7.10. The summed E-state index contributed by atoms with van der Waals surface area (Å²) in [5, 5.41) is 11.9. The molecule has 2 heterocycles. The maximum absolute atomic E-state index is 13.1. The molecule has 2 aromatic carbocycles. The zero-order chi connectivity index (χ0) is 23.2. The number of nitrogens with one attached hydrogen (secondary N) is 4. The number of carbonyl (C=O) groups excluding carboxylic acids is 2. The molecule has 0 fully saturated rings. The molecule has 3 amide bonds. The van der Waals surface area contributed by atoms with Crippen LogP contribution < -0.4 is 16.0 Å². The fraction of sp³-hybridized carbons (Fsp3) is 0.231. The molecular weight excluding hydrogens is 432 g/mol. The highest BCUT2D eigenvalue weighted by Gasteiger charge is 2.26. The van der Waals surface area contributed by atoms with Crippen LogP contribution in [0.4, 0.5) is 10.5 Å². The van der Waals surface area contributed by atoms with Gasteiger partial charge in [0.1, 0.15) is 6.04 Å². The summed E-state index contributed by atoms with van der Waals surface area (Å²) < 4.78 is 0. The van der Waals surface area contributed by atoms with Crippen LogP contribution in [-0.4, -0.2) is 29.5 Å². The topological polar surface area (TPSA) is 86.0 Å². The molecule has 170 valence electrons. The average Bonchev–Trinajstić information content (AvgIpc) is 3.49. The summed E-state index contributed by atoms with van der Waals surface area (Å²) in [7, 11) is 0. The van der Waals surface area contributed by atoms with Crippen LogP contribution in [0.15, 0.2) is 78.3 Å². The van der Waals surface area contributed by atoms with E-state index in [1.165, 1.54) is 4.88 Å². The van der Waals surface area contributed by atoms with Gasteiger partial charge in [-0.25, -0.2) is 4.79 Å². The molecule has 4 N–H and O–H groups in total. The van der Waals surface area contributed by atoms with Gasteiger partial charge in [-0.3, -0.25) is 4.79 Å². The number of H-pyrrole nitrogens is 1. The molecule has 2 atom stereocenters. The van der Waals surface area contributed by atoms with Gasteiger partial charge < -0.3 is 20.9 Å². The lowest BCUT2D eigenvalue weighted by Gasteiger charge is -2.24. The monoisotopic (exact) mass is 460 g/mol. The van der Waals surface area contributed by atoms with Gasteiger partial charge in [-0.2, -0.15) is 0 Å². The second-order valence-corrected chi connectivity index (χ2v) is 9.27. The van der Waals surface area contributed by atoms with Crippen molar-refractivity contribution in [2.75, 3.05) is 11.9 Å². The first-order valence-electron chi connectivity index (χ1n) is 11.0. The molecule has 2 unspecified atom stereocenters. The summed E-state index contributed by atoms with van der Waals surface area (Å²) >= 11 is 1.67.